The van der Waals surface area contributed by atoms with Crippen LogP contribution in [0, 0.1) is 21.7 Å². The van der Waals surface area contributed by atoms with E-state index in [2.05, 4.69) is 163 Å². The van der Waals surface area contributed by atoms with E-state index >= 15 is 0 Å². The van der Waals surface area contributed by atoms with Gasteiger partial charge in [0.2, 0.25) is 11.8 Å². The maximum atomic E-state index is 11.9. The third-order valence-electron chi connectivity index (χ3n) is 8.65. The Bertz CT molecular complexity index is 1220. The smallest absolute Gasteiger partial charge is 0.306 e. The van der Waals surface area contributed by atoms with Gasteiger partial charge in [-0.15, -0.1) is 0 Å². The summed E-state index contributed by atoms with van der Waals surface area (Å²) in [6.07, 6.45) is 4.21. The Hall–Kier alpha value is -1.30. The van der Waals surface area contributed by atoms with Crippen molar-refractivity contribution in [3.8, 4) is 0 Å². The second-order valence-corrected chi connectivity index (χ2v) is 30.0. The van der Waals surface area contributed by atoms with Gasteiger partial charge < -0.3 is 19.9 Å². The van der Waals surface area contributed by atoms with E-state index in [1.165, 1.54) is 0 Å². The number of thioether (sulfide) groups is 2. The lowest BCUT2D eigenvalue weighted by Gasteiger charge is -2.33. The predicted octanol–water partition coefficient (Wildman–Crippen LogP) is 12.7. The fourth-order valence-corrected chi connectivity index (χ4v) is 6.66. The number of nitrogens with zero attached hydrogens (tertiary/aromatic N) is 3. The molecule has 2 amide bonds. The van der Waals surface area contributed by atoms with E-state index in [0.29, 0.717) is 42.8 Å². The molecule has 11 heteroatoms. The van der Waals surface area contributed by atoms with Gasteiger partial charge in [-0.1, -0.05) is 125 Å². The molecule has 0 atom stereocenters. The van der Waals surface area contributed by atoms with Crippen LogP contribution in [0.2, 0.25) is 0 Å². The number of rotatable bonds is 17. The molecule has 378 valence electrons. The van der Waals surface area contributed by atoms with Gasteiger partial charge in [0.15, 0.2) is 0 Å². The Balaban J connectivity index is -0.000000369. The van der Waals surface area contributed by atoms with Crippen LogP contribution < -0.4 is 5.32 Å². The van der Waals surface area contributed by atoms with E-state index in [1.54, 1.807) is 0 Å². The summed E-state index contributed by atoms with van der Waals surface area (Å²) in [6, 6.07) is 0. The van der Waals surface area contributed by atoms with Gasteiger partial charge in [-0.3, -0.25) is 24.1 Å². The van der Waals surface area contributed by atoms with Crippen LogP contribution in [0.4, 0.5) is 0 Å². The summed E-state index contributed by atoms with van der Waals surface area (Å²) in [5, 5.41) is 3.38. The Morgan fingerprint density at radius 3 is 1.22 bits per heavy atom. The van der Waals surface area contributed by atoms with Gasteiger partial charge in [-0.25, -0.2) is 0 Å². The number of esters is 1. The number of ether oxygens (including phenoxy) is 1. The number of carbonyl (C=O) groups is 4. The normalized spacial score (nSPS) is 12.8. The summed E-state index contributed by atoms with van der Waals surface area (Å²) >= 11 is 3.76. The van der Waals surface area contributed by atoms with Gasteiger partial charge in [0.1, 0.15) is 12.4 Å². The van der Waals surface area contributed by atoms with Gasteiger partial charge in [0, 0.05) is 92.3 Å². The number of hydrogen-bond acceptors (Lipinski definition) is 9. The highest BCUT2D eigenvalue weighted by Crippen LogP contribution is 2.26. The molecule has 0 fully saturated rings. The van der Waals surface area contributed by atoms with Crippen molar-refractivity contribution >= 4 is 47.1 Å². The average Bonchev–Trinajstić information content (AvgIpc) is 2.99. The molecule has 0 radical (unpaired) electrons. The van der Waals surface area contributed by atoms with Gasteiger partial charge in [-0.2, -0.15) is 23.5 Å². The lowest BCUT2D eigenvalue weighted by Crippen LogP contribution is -2.43. The number of amides is 2. The molecule has 0 spiro atoms. The van der Waals surface area contributed by atoms with Crippen LogP contribution in [0.1, 0.15) is 205 Å². The molecule has 1 N–H and O–H groups in total. The van der Waals surface area contributed by atoms with E-state index in [1.807, 2.05) is 68.2 Å². The second kappa shape index (κ2) is 30.2. The van der Waals surface area contributed by atoms with E-state index in [0.717, 1.165) is 50.5 Å². The summed E-state index contributed by atoms with van der Waals surface area (Å²) in [5.41, 5.74) is 0.592. The highest BCUT2D eigenvalue weighted by atomic mass is 32.2. The van der Waals surface area contributed by atoms with E-state index < -0.39 is 0 Å². The van der Waals surface area contributed by atoms with Crippen molar-refractivity contribution in [1.82, 2.24) is 20.0 Å². The lowest BCUT2D eigenvalue weighted by molar-refractivity contribution is -0.145. The zero-order valence-corrected chi connectivity index (χ0v) is 48.5. The molecule has 0 aliphatic carbocycles. The zero-order chi connectivity index (χ0) is 51.1. The predicted molar refractivity (Wildman–Crippen MR) is 281 cm³/mol. The molecule has 0 aromatic carbocycles. The molecule has 0 saturated heterocycles. The first kappa shape index (κ1) is 68.3. The van der Waals surface area contributed by atoms with Gasteiger partial charge in [-0.05, 0) is 82.4 Å². The SMILES string of the molecule is CC(C)(C)CC(=O)CCCSC(C)(C)C.CC(C)(C)CC(=O)OCCSC(C)(C)C.CN(CCN(C)C(C)(C)C)C(=O)CC(C)(C)C.CN(CCNC(C)(C)C)C(=O)CC(C)(C)C. The molecule has 0 saturated carbocycles. The molecule has 9 nitrogen and oxygen atoms in total. The molecule has 0 bridgehead atoms. The Morgan fingerprint density at radius 2 is 0.873 bits per heavy atom. The molecule has 63 heavy (non-hydrogen) atoms. The molecular weight excluding hydrogens is 825 g/mol. The first-order chi connectivity index (χ1) is 27.6. The summed E-state index contributed by atoms with van der Waals surface area (Å²) in [7, 11) is 5.87. The number of hydrogen-bond donors (Lipinski definition) is 1. The van der Waals surface area contributed by atoms with Crippen LogP contribution in [-0.4, -0.2) is 124 Å². The summed E-state index contributed by atoms with van der Waals surface area (Å²) in [5.74, 6) is 2.76. The highest BCUT2D eigenvalue weighted by molar-refractivity contribution is 8.00. The van der Waals surface area contributed by atoms with E-state index in [9.17, 15) is 19.2 Å². The third kappa shape index (κ3) is 56.8. The van der Waals surface area contributed by atoms with Crippen LogP contribution in [0.5, 0.6) is 0 Å². The number of nitrogens with one attached hydrogen (secondary N) is 1. The molecule has 0 aliphatic rings. The maximum absolute atomic E-state index is 11.9. The molecule has 0 aliphatic heterocycles. The molecule has 0 heterocycles. The van der Waals surface area contributed by atoms with Crippen molar-refractivity contribution in [2.75, 3.05) is 65.4 Å². The van der Waals surface area contributed by atoms with Crippen LogP contribution in [0.15, 0.2) is 0 Å². The lowest BCUT2D eigenvalue weighted by atomic mass is 9.89. The van der Waals surface area contributed by atoms with Gasteiger partial charge in [0.05, 0.1) is 6.42 Å². The van der Waals surface area contributed by atoms with Crippen LogP contribution in [0.3, 0.4) is 0 Å². The summed E-state index contributed by atoms with van der Waals surface area (Å²) in [6.45, 7) is 55.0. The fraction of sp³-hybridized carbons (Fsp3) is 0.923. The molecular formula is C52H108N4O5S2. The molecule has 0 aromatic heterocycles. The van der Waals surface area contributed by atoms with Crippen molar-refractivity contribution in [2.24, 2.45) is 21.7 Å². The zero-order valence-electron chi connectivity index (χ0n) is 46.9. The standard InChI is InChI=1S/C14H30N2O.C13H28N2O.C13H26OS.C12H24O2S/c1-13(2,3)11-12(17)15(7)9-10-16(8)14(4,5)6;1-12(2,3)10-11(16)15(7)9-8-14-13(4,5)6;1-12(2,3)10-11(14)8-7-9-15-13(4,5)6;1-11(2,3)9-10(13)14-7-8-15-12(4,5)6/h9-11H2,1-8H3;14H,8-10H2,1-7H3;7-10H2,1-6H3;7-9H2,1-6H3. The minimum absolute atomic E-state index is 0.0221. The van der Waals surface area contributed by atoms with Crippen LogP contribution >= 0.6 is 23.5 Å². The monoisotopic (exact) mass is 933 g/mol. The minimum atomic E-state index is -0.0861. The third-order valence-corrected chi connectivity index (χ3v) is 11.2. The fourth-order valence-electron chi connectivity index (χ4n) is 4.98. The minimum Gasteiger partial charge on any atom is -0.465 e. The summed E-state index contributed by atoms with van der Waals surface area (Å²) < 4.78 is 5.73. The van der Waals surface area contributed by atoms with Crippen molar-refractivity contribution in [1.29, 1.82) is 0 Å². The molecule has 0 aromatic rings. The van der Waals surface area contributed by atoms with E-state index in [-0.39, 0.29) is 55.3 Å². The van der Waals surface area contributed by atoms with Crippen LogP contribution in [-0.2, 0) is 23.9 Å². The van der Waals surface area contributed by atoms with Gasteiger partial charge >= 0.3 is 5.97 Å². The number of Topliss-reactive ketones (excluding diaryl/α,β-unsaturated/α-hetero) is 1. The van der Waals surface area contributed by atoms with E-state index in [4.69, 9.17) is 4.74 Å². The number of carbonyl (C=O) groups excluding carboxylic acids is 4. The topological polar surface area (TPSA) is 99.3 Å². The Morgan fingerprint density at radius 1 is 0.492 bits per heavy atom. The largest absolute Gasteiger partial charge is 0.465 e. The van der Waals surface area contributed by atoms with Gasteiger partial charge in [0.25, 0.3) is 0 Å². The molecule has 0 rings (SSSR count). The quantitative estimate of drug-likeness (QED) is 0.113. The summed E-state index contributed by atoms with van der Waals surface area (Å²) in [4.78, 5) is 52.6. The van der Waals surface area contributed by atoms with Crippen molar-refractivity contribution in [3.63, 3.8) is 0 Å². The highest BCUT2D eigenvalue weighted by Gasteiger charge is 2.23. The number of ketones is 1. The van der Waals surface area contributed by atoms with Crippen molar-refractivity contribution in [2.45, 2.75) is 225 Å². The molecule has 0 unspecified atom stereocenters. The van der Waals surface area contributed by atoms with Crippen molar-refractivity contribution in [3.05, 3.63) is 0 Å². The average molecular weight is 934 g/mol. The Kier molecular flexibility index (Phi) is 32.7. The Labute approximate surface area is 401 Å². The van der Waals surface area contributed by atoms with Crippen LogP contribution in [0.25, 0.3) is 0 Å². The first-order valence-electron chi connectivity index (χ1n) is 23.5. The maximum Gasteiger partial charge on any atom is 0.306 e. The second-order valence-electron chi connectivity index (χ2n) is 26.1. The van der Waals surface area contributed by atoms with Crippen molar-refractivity contribution < 1.29 is 23.9 Å². The number of likely N-dealkylation sites (N-methyl/N-ethyl adjacent to an activating group) is 3. The first-order valence-corrected chi connectivity index (χ1v) is 25.5.